The van der Waals surface area contributed by atoms with Gasteiger partial charge in [-0.1, -0.05) is 11.6 Å². The Morgan fingerprint density at radius 1 is 1.26 bits per heavy atom. The molecule has 1 spiro atoms. The van der Waals surface area contributed by atoms with E-state index in [0.29, 0.717) is 49.4 Å². The number of fused-ring (bicyclic) bond motifs is 2. The van der Waals surface area contributed by atoms with Crippen molar-refractivity contribution in [2.45, 2.75) is 24.9 Å². The van der Waals surface area contributed by atoms with E-state index in [9.17, 15) is 19.1 Å². The maximum absolute atomic E-state index is 13.3. The Morgan fingerprint density at radius 3 is 2.67 bits per heavy atom. The first-order valence-corrected chi connectivity index (χ1v) is 9.84. The molecule has 4 rings (SSSR count). The fourth-order valence-electron chi connectivity index (χ4n) is 3.78. The van der Waals surface area contributed by atoms with Gasteiger partial charge in [0.2, 0.25) is 0 Å². The van der Waals surface area contributed by atoms with Gasteiger partial charge in [0.15, 0.2) is 0 Å². The Bertz CT molecular complexity index is 920. The monoisotopic (exact) mass is 409 g/mol. The van der Waals surface area contributed by atoms with Crippen molar-refractivity contribution in [2.75, 3.05) is 19.7 Å². The maximum Gasteiger partial charge on any atom is 0.345 e. The number of carbonyl (C=O) groups is 2. The average molecular weight is 410 g/mol. The first-order chi connectivity index (χ1) is 12.9. The second kappa shape index (κ2) is 6.89. The van der Waals surface area contributed by atoms with E-state index >= 15 is 0 Å². The minimum absolute atomic E-state index is 0.0747. The quantitative estimate of drug-likeness (QED) is 0.815. The number of amides is 1. The molecule has 0 atom stereocenters. The molecule has 1 aromatic carbocycles. The molecule has 8 heteroatoms. The standard InChI is InChI=1S/C19H17ClFNO4S/c20-13-9-12(1-2-14(13)21)17(23)22-6-4-19(5-7-22)16-11(3-8-26-19)10-15(27-16)18(24)25/h1-2,9-10H,3-8H2,(H,24,25). The highest BCUT2D eigenvalue weighted by atomic mass is 35.5. The summed E-state index contributed by atoms with van der Waals surface area (Å²) in [5, 5.41) is 9.21. The molecule has 0 bridgehead atoms. The smallest absolute Gasteiger partial charge is 0.345 e. The Morgan fingerprint density at radius 2 is 2.00 bits per heavy atom. The van der Waals surface area contributed by atoms with Gasteiger partial charge in [0, 0.05) is 23.5 Å². The van der Waals surface area contributed by atoms with Crippen LogP contribution in [0.4, 0.5) is 4.39 Å². The second-order valence-corrected chi connectivity index (χ2v) is 8.24. The van der Waals surface area contributed by atoms with Gasteiger partial charge in [-0.25, -0.2) is 9.18 Å². The van der Waals surface area contributed by atoms with Gasteiger partial charge in [-0.05, 0) is 49.1 Å². The Kier molecular flexibility index (Phi) is 4.70. The predicted octanol–water partition coefficient (Wildman–Crippen LogP) is 3.94. The zero-order chi connectivity index (χ0) is 19.2. The largest absolute Gasteiger partial charge is 0.477 e. The van der Waals surface area contributed by atoms with Crippen LogP contribution in [0.2, 0.25) is 5.02 Å². The van der Waals surface area contributed by atoms with Crippen molar-refractivity contribution in [2.24, 2.45) is 0 Å². The summed E-state index contributed by atoms with van der Waals surface area (Å²) in [6.45, 7) is 1.51. The van der Waals surface area contributed by atoms with Crippen LogP contribution in [-0.4, -0.2) is 41.6 Å². The van der Waals surface area contributed by atoms with Crippen molar-refractivity contribution < 1.29 is 23.8 Å². The topological polar surface area (TPSA) is 66.8 Å². The Balaban J connectivity index is 1.53. The molecule has 5 nitrogen and oxygen atoms in total. The number of likely N-dealkylation sites (tertiary alicyclic amines) is 1. The number of halogens is 2. The molecular weight excluding hydrogens is 393 g/mol. The molecule has 3 heterocycles. The molecule has 0 saturated carbocycles. The Labute approximate surface area is 164 Å². The van der Waals surface area contributed by atoms with Gasteiger partial charge in [0.05, 0.1) is 11.6 Å². The molecule has 1 amide bonds. The number of rotatable bonds is 2. The number of benzene rings is 1. The number of hydrogen-bond acceptors (Lipinski definition) is 4. The van der Waals surface area contributed by atoms with Gasteiger partial charge in [0.1, 0.15) is 16.3 Å². The highest BCUT2D eigenvalue weighted by molar-refractivity contribution is 7.14. The third kappa shape index (κ3) is 3.24. The highest BCUT2D eigenvalue weighted by Gasteiger charge is 2.43. The summed E-state index contributed by atoms with van der Waals surface area (Å²) in [4.78, 5) is 27.0. The molecule has 2 aromatic rings. The Hall–Kier alpha value is -1.96. The van der Waals surface area contributed by atoms with Crippen LogP contribution in [0.3, 0.4) is 0 Å². The van der Waals surface area contributed by atoms with E-state index < -0.39 is 17.4 Å². The van der Waals surface area contributed by atoms with Crippen molar-refractivity contribution in [1.82, 2.24) is 4.90 Å². The molecule has 0 radical (unpaired) electrons. The van der Waals surface area contributed by atoms with Crippen LogP contribution in [0.1, 0.15) is 43.3 Å². The molecular formula is C19H17ClFNO4S. The lowest BCUT2D eigenvalue weighted by atomic mass is 9.85. The lowest BCUT2D eigenvalue weighted by molar-refractivity contribution is -0.0906. The SMILES string of the molecule is O=C(O)c1cc2c(s1)C1(CCN(C(=O)c3ccc(F)c(Cl)c3)CC1)OCC2. The summed E-state index contributed by atoms with van der Waals surface area (Å²) in [5.41, 5.74) is 0.865. The minimum Gasteiger partial charge on any atom is -0.477 e. The molecule has 1 fully saturated rings. The van der Waals surface area contributed by atoms with Crippen molar-refractivity contribution in [1.29, 1.82) is 0 Å². The van der Waals surface area contributed by atoms with Crippen molar-refractivity contribution in [3.63, 3.8) is 0 Å². The third-order valence-corrected chi connectivity index (χ3v) is 6.85. The van der Waals surface area contributed by atoms with Crippen LogP contribution < -0.4 is 0 Å². The summed E-state index contributed by atoms with van der Waals surface area (Å²) in [5.74, 6) is -1.67. The van der Waals surface area contributed by atoms with Crippen molar-refractivity contribution in [3.05, 3.63) is 56.0 Å². The predicted molar refractivity (Wildman–Crippen MR) is 99.2 cm³/mol. The van der Waals surface area contributed by atoms with E-state index in [1.54, 1.807) is 11.0 Å². The molecule has 0 unspecified atom stereocenters. The molecule has 2 aliphatic rings. The van der Waals surface area contributed by atoms with Gasteiger partial charge in [0.25, 0.3) is 5.91 Å². The zero-order valence-electron chi connectivity index (χ0n) is 14.3. The number of thiophene rings is 1. The van der Waals surface area contributed by atoms with E-state index in [-0.39, 0.29) is 10.9 Å². The number of carbonyl (C=O) groups excluding carboxylic acids is 1. The van der Waals surface area contributed by atoms with E-state index in [1.165, 1.54) is 29.5 Å². The number of piperidine rings is 1. The van der Waals surface area contributed by atoms with Crippen LogP contribution in [-0.2, 0) is 16.8 Å². The van der Waals surface area contributed by atoms with Gasteiger partial charge >= 0.3 is 5.97 Å². The third-order valence-electron chi connectivity index (χ3n) is 5.21. The molecule has 0 aliphatic carbocycles. The van der Waals surface area contributed by atoms with Gasteiger partial charge < -0.3 is 14.7 Å². The molecule has 1 aromatic heterocycles. The summed E-state index contributed by atoms with van der Waals surface area (Å²) in [6, 6.07) is 5.71. The highest BCUT2D eigenvalue weighted by Crippen LogP contribution is 2.45. The molecule has 1 saturated heterocycles. The van der Waals surface area contributed by atoms with E-state index in [0.717, 1.165) is 10.4 Å². The average Bonchev–Trinajstić information content (AvgIpc) is 3.11. The fraction of sp³-hybridized carbons (Fsp3) is 0.368. The lowest BCUT2D eigenvalue weighted by Crippen LogP contribution is -2.47. The van der Waals surface area contributed by atoms with Crippen LogP contribution >= 0.6 is 22.9 Å². The maximum atomic E-state index is 13.3. The van der Waals surface area contributed by atoms with Gasteiger partial charge in [-0.3, -0.25) is 4.79 Å². The number of hydrogen-bond donors (Lipinski definition) is 1. The van der Waals surface area contributed by atoms with Crippen LogP contribution in [0.15, 0.2) is 24.3 Å². The fourth-order valence-corrected chi connectivity index (χ4v) is 5.21. The second-order valence-electron chi connectivity index (χ2n) is 6.78. The molecule has 27 heavy (non-hydrogen) atoms. The van der Waals surface area contributed by atoms with Gasteiger partial charge in [-0.15, -0.1) is 11.3 Å². The number of carboxylic acid groups (broad SMARTS) is 1. The van der Waals surface area contributed by atoms with E-state index in [4.69, 9.17) is 16.3 Å². The van der Waals surface area contributed by atoms with Crippen LogP contribution in [0.5, 0.6) is 0 Å². The van der Waals surface area contributed by atoms with Crippen molar-refractivity contribution >= 4 is 34.8 Å². The molecule has 2 aliphatic heterocycles. The normalized spacial score (nSPS) is 18.4. The summed E-state index contributed by atoms with van der Waals surface area (Å²) >= 11 is 7.06. The summed E-state index contributed by atoms with van der Waals surface area (Å²) in [6.07, 6.45) is 1.90. The van der Waals surface area contributed by atoms with Crippen LogP contribution in [0, 0.1) is 5.82 Å². The van der Waals surface area contributed by atoms with E-state index in [2.05, 4.69) is 0 Å². The first-order valence-electron chi connectivity index (χ1n) is 8.64. The van der Waals surface area contributed by atoms with E-state index in [1.807, 2.05) is 0 Å². The number of carboxylic acids is 1. The first kappa shape index (κ1) is 18.4. The molecule has 142 valence electrons. The number of aromatic carboxylic acids is 1. The minimum atomic E-state index is -0.926. The zero-order valence-corrected chi connectivity index (χ0v) is 15.9. The summed E-state index contributed by atoms with van der Waals surface area (Å²) < 4.78 is 19.4. The molecule has 1 N–H and O–H groups in total. The lowest BCUT2D eigenvalue weighted by Gasteiger charge is -2.43. The number of nitrogens with zero attached hydrogens (tertiary/aromatic N) is 1. The summed E-state index contributed by atoms with van der Waals surface area (Å²) in [7, 11) is 0. The van der Waals surface area contributed by atoms with Gasteiger partial charge in [-0.2, -0.15) is 0 Å². The van der Waals surface area contributed by atoms with Crippen molar-refractivity contribution in [3.8, 4) is 0 Å². The number of ether oxygens (including phenoxy) is 1. The van der Waals surface area contributed by atoms with Crippen LogP contribution in [0.25, 0.3) is 0 Å².